The van der Waals surface area contributed by atoms with Gasteiger partial charge in [0.25, 0.3) is 0 Å². The van der Waals surface area contributed by atoms with Crippen molar-refractivity contribution in [2.75, 3.05) is 0 Å². The topological polar surface area (TPSA) is 94.9 Å². The summed E-state index contributed by atoms with van der Waals surface area (Å²) >= 11 is 0. The highest BCUT2D eigenvalue weighted by Gasteiger charge is 2.21. The van der Waals surface area contributed by atoms with Crippen LogP contribution >= 0.6 is 0 Å². The van der Waals surface area contributed by atoms with E-state index >= 15 is 0 Å². The van der Waals surface area contributed by atoms with Gasteiger partial charge in [-0.3, -0.25) is 0 Å². The van der Waals surface area contributed by atoms with E-state index in [1.807, 2.05) is 0 Å². The van der Waals surface area contributed by atoms with Gasteiger partial charge in [-0.1, -0.05) is 43.1 Å². The van der Waals surface area contributed by atoms with Crippen molar-refractivity contribution in [3.63, 3.8) is 0 Å². The molecule has 0 amide bonds. The molecule has 0 aliphatic rings. The number of aromatic hydroxyl groups is 2. The van der Waals surface area contributed by atoms with Crippen molar-refractivity contribution in [1.82, 2.24) is 19.9 Å². The summed E-state index contributed by atoms with van der Waals surface area (Å²) in [6.45, 7) is 8.44. The molecular formula is C26H34N4O2. The van der Waals surface area contributed by atoms with E-state index in [9.17, 15) is 10.2 Å². The van der Waals surface area contributed by atoms with Crippen molar-refractivity contribution in [1.29, 1.82) is 0 Å². The van der Waals surface area contributed by atoms with Crippen LogP contribution in [0.5, 0.6) is 11.5 Å². The van der Waals surface area contributed by atoms with Crippen LogP contribution in [-0.4, -0.2) is 30.1 Å². The maximum atomic E-state index is 11.3. The van der Waals surface area contributed by atoms with Gasteiger partial charge in [0.1, 0.15) is 29.2 Å². The first-order valence-electron chi connectivity index (χ1n) is 11.4. The molecular weight excluding hydrogens is 400 g/mol. The van der Waals surface area contributed by atoms with E-state index in [2.05, 4.69) is 59.8 Å². The SMILES string of the molecule is CCCCCc1cc(O)c(CC=C(C)CCC=C(C)C)c(O)c1-c1nc2ncncc2[nH]1. The van der Waals surface area contributed by atoms with E-state index in [0.29, 0.717) is 34.5 Å². The third-order valence-corrected chi connectivity index (χ3v) is 5.66. The number of allylic oxidation sites excluding steroid dienone is 4. The lowest BCUT2D eigenvalue weighted by molar-refractivity contribution is 0.440. The zero-order valence-electron chi connectivity index (χ0n) is 19.6. The number of nitrogens with zero attached hydrogens (tertiary/aromatic N) is 3. The fourth-order valence-corrected chi connectivity index (χ4v) is 3.82. The highest BCUT2D eigenvalue weighted by molar-refractivity contribution is 5.80. The van der Waals surface area contributed by atoms with Gasteiger partial charge in [0.05, 0.1) is 11.8 Å². The second-order valence-corrected chi connectivity index (χ2v) is 8.63. The van der Waals surface area contributed by atoms with Crippen LogP contribution in [0.2, 0.25) is 0 Å². The molecule has 0 aliphatic heterocycles. The van der Waals surface area contributed by atoms with Crippen molar-refractivity contribution in [2.45, 2.75) is 72.6 Å². The maximum absolute atomic E-state index is 11.3. The Balaban J connectivity index is 1.98. The van der Waals surface area contributed by atoms with E-state index < -0.39 is 0 Å². The fraction of sp³-hybridized carbons (Fsp3) is 0.423. The Labute approximate surface area is 190 Å². The molecule has 0 atom stereocenters. The smallest absolute Gasteiger partial charge is 0.181 e. The molecule has 32 heavy (non-hydrogen) atoms. The number of aromatic amines is 1. The monoisotopic (exact) mass is 434 g/mol. The standard InChI is InChI=1S/C26H34N4O2/c1-5-6-7-11-19-14-22(31)20(13-12-18(4)10-8-9-17(2)3)24(32)23(19)26-29-21-15-27-16-28-25(21)30-26/h9,12,14-16,31-32H,5-8,10-11,13H2,1-4H3,(H,27,28,29,30). The van der Waals surface area contributed by atoms with E-state index in [-0.39, 0.29) is 11.5 Å². The highest BCUT2D eigenvalue weighted by atomic mass is 16.3. The number of fused-ring (bicyclic) bond motifs is 1. The van der Waals surface area contributed by atoms with Crippen LogP contribution in [0.1, 0.15) is 70.9 Å². The van der Waals surface area contributed by atoms with Crippen LogP contribution < -0.4 is 0 Å². The fourth-order valence-electron chi connectivity index (χ4n) is 3.82. The van der Waals surface area contributed by atoms with Gasteiger partial charge in [-0.2, -0.15) is 0 Å². The third-order valence-electron chi connectivity index (χ3n) is 5.66. The number of phenolic OH excluding ortho intramolecular Hbond substituents is 2. The molecule has 0 bridgehead atoms. The number of rotatable bonds is 10. The number of nitrogens with one attached hydrogen (secondary N) is 1. The van der Waals surface area contributed by atoms with Crippen LogP contribution in [0, 0.1) is 0 Å². The van der Waals surface area contributed by atoms with Crippen LogP contribution in [0.4, 0.5) is 0 Å². The summed E-state index contributed by atoms with van der Waals surface area (Å²) in [7, 11) is 0. The first-order chi connectivity index (χ1) is 15.4. The second-order valence-electron chi connectivity index (χ2n) is 8.63. The lowest BCUT2D eigenvalue weighted by atomic mass is 9.94. The Bertz CT molecular complexity index is 1090. The summed E-state index contributed by atoms with van der Waals surface area (Å²) in [5, 5.41) is 22.0. The summed E-state index contributed by atoms with van der Waals surface area (Å²) in [6, 6.07) is 1.78. The van der Waals surface area contributed by atoms with Crippen LogP contribution in [0.15, 0.2) is 41.9 Å². The summed E-state index contributed by atoms with van der Waals surface area (Å²) in [6.07, 6.45) is 13.8. The van der Waals surface area contributed by atoms with E-state index in [0.717, 1.165) is 44.1 Å². The molecule has 0 unspecified atom stereocenters. The summed E-state index contributed by atoms with van der Waals surface area (Å²) in [4.78, 5) is 16.1. The molecule has 2 heterocycles. The first-order valence-corrected chi connectivity index (χ1v) is 11.4. The zero-order valence-corrected chi connectivity index (χ0v) is 19.6. The van der Waals surface area contributed by atoms with Crippen molar-refractivity contribution in [2.24, 2.45) is 0 Å². The second kappa shape index (κ2) is 10.9. The summed E-state index contributed by atoms with van der Waals surface area (Å²) in [5.41, 5.74) is 5.86. The Morgan fingerprint density at radius 3 is 2.66 bits per heavy atom. The van der Waals surface area contributed by atoms with Crippen molar-refractivity contribution < 1.29 is 10.2 Å². The largest absolute Gasteiger partial charge is 0.508 e. The molecule has 0 saturated carbocycles. The van der Waals surface area contributed by atoms with Gasteiger partial charge in [-0.25, -0.2) is 15.0 Å². The predicted octanol–water partition coefficient (Wildman–Crippen LogP) is 6.40. The molecule has 3 aromatic rings. The summed E-state index contributed by atoms with van der Waals surface area (Å²) < 4.78 is 0. The molecule has 6 heteroatoms. The first kappa shape index (κ1) is 23.5. The molecule has 0 fully saturated rings. The molecule has 3 rings (SSSR count). The summed E-state index contributed by atoms with van der Waals surface area (Å²) in [5.74, 6) is 0.758. The van der Waals surface area contributed by atoms with E-state index in [4.69, 9.17) is 0 Å². The number of unbranched alkanes of at least 4 members (excludes halogenated alkanes) is 2. The normalized spacial score (nSPS) is 11.8. The van der Waals surface area contributed by atoms with Crippen LogP contribution in [0.3, 0.4) is 0 Å². The maximum Gasteiger partial charge on any atom is 0.181 e. The number of hydrogen-bond acceptors (Lipinski definition) is 5. The Morgan fingerprint density at radius 1 is 1.12 bits per heavy atom. The van der Waals surface area contributed by atoms with Gasteiger partial charge < -0.3 is 15.2 Å². The molecule has 1 aromatic carbocycles. The average Bonchev–Trinajstić information content (AvgIpc) is 3.17. The average molecular weight is 435 g/mol. The number of H-pyrrole nitrogens is 1. The Kier molecular flexibility index (Phi) is 8.03. The number of aromatic nitrogens is 4. The Hall–Kier alpha value is -3.15. The van der Waals surface area contributed by atoms with Gasteiger partial charge in [0, 0.05) is 5.56 Å². The molecule has 6 nitrogen and oxygen atoms in total. The van der Waals surface area contributed by atoms with Crippen LogP contribution in [0.25, 0.3) is 22.6 Å². The quantitative estimate of drug-likeness (QED) is 0.253. The Morgan fingerprint density at radius 2 is 1.94 bits per heavy atom. The van der Waals surface area contributed by atoms with Gasteiger partial charge >= 0.3 is 0 Å². The highest BCUT2D eigenvalue weighted by Crippen LogP contribution is 2.41. The minimum Gasteiger partial charge on any atom is -0.508 e. The minimum absolute atomic E-state index is 0.0804. The number of imidazole rings is 1. The van der Waals surface area contributed by atoms with Gasteiger partial charge in [-0.05, 0) is 64.5 Å². The number of benzene rings is 1. The van der Waals surface area contributed by atoms with E-state index in [1.54, 1.807) is 12.3 Å². The van der Waals surface area contributed by atoms with Crippen molar-refractivity contribution in [3.05, 3.63) is 53.0 Å². The van der Waals surface area contributed by atoms with E-state index in [1.165, 1.54) is 17.5 Å². The van der Waals surface area contributed by atoms with Crippen molar-refractivity contribution >= 4 is 11.2 Å². The zero-order chi connectivity index (χ0) is 23.1. The van der Waals surface area contributed by atoms with Gasteiger partial charge in [0.2, 0.25) is 0 Å². The molecule has 0 saturated heterocycles. The number of aryl methyl sites for hydroxylation is 1. The minimum atomic E-state index is 0.0804. The van der Waals surface area contributed by atoms with Crippen LogP contribution in [-0.2, 0) is 12.8 Å². The number of hydrogen-bond donors (Lipinski definition) is 3. The number of phenols is 2. The molecule has 170 valence electrons. The third kappa shape index (κ3) is 5.75. The van der Waals surface area contributed by atoms with Crippen molar-refractivity contribution in [3.8, 4) is 22.9 Å². The van der Waals surface area contributed by atoms with Gasteiger partial charge in [-0.15, -0.1) is 0 Å². The molecule has 3 N–H and O–H groups in total. The molecule has 2 aromatic heterocycles. The lowest BCUT2D eigenvalue weighted by Crippen LogP contribution is -1.97. The molecule has 0 spiro atoms. The lowest BCUT2D eigenvalue weighted by Gasteiger charge is -2.15. The molecule has 0 aliphatic carbocycles. The predicted molar refractivity (Wildman–Crippen MR) is 130 cm³/mol. The van der Waals surface area contributed by atoms with Gasteiger partial charge in [0.15, 0.2) is 5.65 Å². The molecule has 0 radical (unpaired) electrons.